The van der Waals surface area contributed by atoms with Crippen LogP contribution in [0.5, 0.6) is 0 Å². The molecule has 0 N–H and O–H groups in total. The highest BCUT2D eigenvalue weighted by Crippen LogP contribution is 2.33. The average Bonchev–Trinajstić information content (AvgIpc) is 3.20. The van der Waals surface area contributed by atoms with Gasteiger partial charge in [0.25, 0.3) is 0 Å². The van der Waals surface area contributed by atoms with Gasteiger partial charge in [0.2, 0.25) is 5.96 Å². The van der Waals surface area contributed by atoms with Gasteiger partial charge >= 0.3 is 0 Å². The van der Waals surface area contributed by atoms with E-state index >= 15 is 0 Å². The quantitative estimate of drug-likeness (QED) is 0.544. The van der Waals surface area contributed by atoms with Gasteiger partial charge in [0, 0.05) is 37.4 Å². The summed E-state index contributed by atoms with van der Waals surface area (Å²) in [5.41, 5.74) is 7.17. The van der Waals surface area contributed by atoms with E-state index in [0.29, 0.717) is 6.54 Å². The van der Waals surface area contributed by atoms with Crippen LogP contribution in [0.25, 0.3) is 0 Å². The molecule has 0 atom stereocenters. The van der Waals surface area contributed by atoms with Crippen LogP contribution < -0.4 is 0 Å². The van der Waals surface area contributed by atoms with E-state index in [1.54, 1.807) is 0 Å². The molecule has 1 aromatic rings. The summed E-state index contributed by atoms with van der Waals surface area (Å²) >= 11 is 0. The second kappa shape index (κ2) is 9.77. The van der Waals surface area contributed by atoms with Gasteiger partial charge in [0.15, 0.2) is 0 Å². The van der Waals surface area contributed by atoms with Crippen molar-refractivity contribution in [3.8, 4) is 0 Å². The van der Waals surface area contributed by atoms with Crippen molar-refractivity contribution in [2.45, 2.75) is 26.8 Å². The van der Waals surface area contributed by atoms with Crippen LogP contribution in [0.2, 0.25) is 0 Å². The first-order valence-corrected chi connectivity index (χ1v) is 10.6. The van der Waals surface area contributed by atoms with Gasteiger partial charge in [-0.05, 0) is 37.6 Å². The predicted octanol–water partition coefficient (Wildman–Crippen LogP) is 4.97. The van der Waals surface area contributed by atoms with E-state index < -0.39 is 0 Å². The van der Waals surface area contributed by atoms with Gasteiger partial charge in [0.1, 0.15) is 0 Å². The fourth-order valence-electron chi connectivity index (χ4n) is 4.02. The molecular weight excluding hydrogens is 368 g/mol. The number of guanidine groups is 1. The lowest BCUT2D eigenvalue weighted by Gasteiger charge is -2.40. The summed E-state index contributed by atoms with van der Waals surface area (Å²) < 4.78 is 0. The van der Waals surface area contributed by atoms with Crippen molar-refractivity contribution >= 4 is 5.96 Å². The van der Waals surface area contributed by atoms with Crippen molar-refractivity contribution < 1.29 is 0 Å². The second-order valence-electron chi connectivity index (χ2n) is 8.12. The van der Waals surface area contributed by atoms with E-state index in [2.05, 4.69) is 78.7 Å². The highest BCUT2D eigenvalue weighted by molar-refractivity contribution is 5.88. The lowest BCUT2D eigenvalue weighted by Crippen LogP contribution is -2.46. The maximum atomic E-state index is 4.82. The Bertz CT molecular complexity index is 904. The third-order valence-corrected chi connectivity index (χ3v) is 5.80. The van der Waals surface area contributed by atoms with Crippen molar-refractivity contribution in [1.29, 1.82) is 0 Å². The smallest absolute Gasteiger partial charge is 0.205 e. The van der Waals surface area contributed by atoms with Gasteiger partial charge in [-0.2, -0.15) is 0 Å². The molecule has 2 aliphatic rings. The summed E-state index contributed by atoms with van der Waals surface area (Å²) in [5, 5.41) is 0. The van der Waals surface area contributed by atoms with Gasteiger partial charge in [-0.1, -0.05) is 67.8 Å². The number of nitrogens with zero attached hydrogens (tertiary/aromatic N) is 4. The number of hydrogen-bond acceptors (Lipinski definition) is 4. The number of aliphatic imine (C=N–C) groups is 1. The fraction of sp³-hybridized carbons (Fsp3) is 0.346. The highest BCUT2D eigenvalue weighted by Gasteiger charge is 2.34. The number of rotatable bonds is 9. The molecule has 3 rings (SSSR count). The lowest BCUT2D eigenvalue weighted by atomic mass is 10.0. The molecule has 1 aromatic carbocycles. The summed E-state index contributed by atoms with van der Waals surface area (Å²) in [6.07, 6.45) is 4.83. The number of hydrogen-bond donors (Lipinski definition) is 0. The Morgan fingerprint density at radius 2 is 2.00 bits per heavy atom. The van der Waals surface area contributed by atoms with Crippen LogP contribution in [-0.4, -0.2) is 53.9 Å². The summed E-state index contributed by atoms with van der Waals surface area (Å²) in [4.78, 5) is 11.8. The average molecular weight is 403 g/mol. The SMILES string of the molecule is C=C/C=C(/CN1C(=C)C(C)=C(CCN(C)Cc2ccccc2)N2CCN=C12)C(=C)C. The molecule has 0 amide bonds. The number of allylic oxidation sites excluding steroid dienone is 3. The Labute approximate surface area is 181 Å². The van der Waals surface area contributed by atoms with Crippen molar-refractivity contribution in [2.24, 2.45) is 4.99 Å². The maximum absolute atomic E-state index is 4.82. The molecule has 2 aliphatic heterocycles. The Morgan fingerprint density at radius 3 is 2.67 bits per heavy atom. The Hall–Kier alpha value is -2.85. The van der Waals surface area contributed by atoms with E-state index in [1.165, 1.54) is 16.8 Å². The molecule has 0 spiro atoms. The van der Waals surface area contributed by atoms with Crippen LogP contribution in [0, 0.1) is 0 Å². The van der Waals surface area contributed by atoms with Gasteiger partial charge in [0.05, 0.1) is 13.1 Å². The summed E-state index contributed by atoms with van der Waals surface area (Å²) in [7, 11) is 2.19. The van der Waals surface area contributed by atoms with Crippen LogP contribution in [-0.2, 0) is 6.54 Å². The fourth-order valence-corrected chi connectivity index (χ4v) is 4.02. The first-order valence-electron chi connectivity index (χ1n) is 10.6. The molecule has 0 saturated carbocycles. The van der Waals surface area contributed by atoms with E-state index in [-0.39, 0.29) is 0 Å². The van der Waals surface area contributed by atoms with Crippen LogP contribution >= 0.6 is 0 Å². The first-order chi connectivity index (χ1) is 14.4. The Morgan fingerprint density at radius 1 is 1.27 bits per heavy atom. The minimum absolute atomic E-state index is 0.716. The van der Waals surface area contributed by atoms with Gasteiger partial charge < -0.3 is 14.7 Å². The molecule has 30 heavy (non-hydrogen) atoms. The third-order valence-electron chi connectivity index (χ3n) is 5.80. The maximum Gasteiger partial charge on any atom is 0.205 e. The zero-order valence-corrected chi connectivity index (χ0v) is 18.7. The molecular formula is C26H34N4. The van der Waals surface area contributed by atoms with Crippen LogP contribution in [0.3, 0.4) is 0 Å². The largest absolute Gasteiger partial charge is 0.314 e. The minimum Gasteiger partial charge on any atom is -0.314 e. The summed E-state index contributed by atoms with van der Waals surface area (Å²) in [6, 6.07) is 10.6. The van der Waals surface area contributed by atoms with Crippen molar-refractivity contribution in [1.82, 2.24) is 14.7 Å². The predicted molar refractivity (Wildman–Crippen MR) is 128 cm³/mol. The number of benzene rings is 1. The zero-order valence-electron chi connectivity index (χ0n) is 18.7. The van der Waals surface area contributed by atoms with E-state index in [9.17, 15) is 0 Å². The molecule has 4 nitrogen and oxygen atoms in total. The molecule has 4 heteroatoms. The van der Waals surface area contributed by atoms with Crippen molar-refractivity contribution in [3.05, 3.63) is 95.9 Å². The third kappa shape index (κ3) is 4.82. The van der Waals surface area contributed by atoms with Crippen LogP contribution in [0.1, 0.15) is 25.8 Å². The molecule has 0 radical (unpaired) electrons. The van der Waals surface area contributed by atoms with Crippen molar-refractivity contribution in [2.75, 3.05) is 33.2 Å². The Kier molecular flexibility index (Phi) is 7.11. The first kappa shape index (κ1) is 21.8. The van der Waals surface area contributed by atoms with E-state index in [4.69, 9.17) is 4.99 Å². The lowest BCUT2D eigenvalue weighted by molar-refractivity contribution is 0.314. The second-order valence-corrected chi connectivity index (χ2v) is 8.12. The molecule has 0 aliphatic carbocycles. The zero-order chi connectivity index (χ0) is 21.7. The van der Waals surface area contributed by atoms with Gasteiger partial charge in [-0.15, -0.1) is 0 Å². The molecule has 0 aromatic heterocycles. The Balaban J connectivity index is 1.75. The molecule has 0 bridgehead atoms. The highest BCUT2D eigenvalue weighted by atomic mass is 15.4. The van der Waals surface area contributed by atoms with Gasteiger partial charge in [-0.3, -0.25) is 4.99 Å². The monoisotopic (exact) mass is 402 g/mol. The van der Waals surface area contributed by atoms with Gasteiger partial charge in [-0.25, -0.2) is 0 Å². The standard InChI is InChI=1S/C26H34N4/c1-7-11-24(20(2)3)19-30-22(5)21(4)25(29-17-15-27-26(29)30)14-16-28(6)18-23-12-9-8-10-13-23/h7-13H,1-2,5,14-19H2,3-4,6H3/b24-11-. The van der Waals surface area contributed by atoms with Crippen LogP contribution in [0.4, 0.5) is 0 Å². The summed E-state index contributed by atoms with van der Waals surface area (Å²) in [5.74, 6) is 1.02. The molecule has 0 fully saturated rings. The van der Waals surface area contributed by atoms with E-state index in [1.807, 2.05) is 19.1 Å². The summed E-state index contributed by atoms with van der Waals surface area (Å²) in [6.45, 7) is 21.0. The molecule has 0 saturated heterocycles. The molecule has 0 unspecified atom stereocenters. The van der Waals surface area contributed by atoms with E-state index in [0.717, 1.165) is 55.4 Å². The van der Waals surface area contributed by atoms with Crippen molar-refractivity contribution in [3.63, 3.8) is 0 Å². The normalized spacial score (nSPS) is 16.9. The minimum atomic E-state index is 0.716. The molecule has 2 heterocycles. The number of fused-ring (bicyclic) bond motifs is 1. The molecule has 158 valence electrons. The topological polar surface area (TPSA) is 22.1 Å². The van der Waals surface area contributed by atoms with Crippen LogP contribution in [0.15, 0.2) is 95.3 Å².